The minimum absolute atomic E-state index is 0.648. The van der Waals surface area contributed by atoms with E-state index in [9.17, 15) is 5.26 Å². The van der Waals surface area contributed by atoms with Crippen LogP contribution in [0.2, 0.25) is 0 Å². The number of ether oxygens (including phenoxy) is 1. The first-order chi connectivity index (χ1) is 9.83. The average molecular weight is 262 g/mol. The number of para-hydroxylation sites is 1. The van der Waals surface area contributed by atoms with Crippen LogP contribution in [0.3, 0.4) is 0 Å². The molecule has 1 aromatic heterocycles. The van der Waals surface area contributed by atoms with Crippen LogP contribution in [0.1, 0.15) is 12.5 Å². The van der Waals surface area contributed by atoms with E-state index >= 15 is 0 Å². The van der Waals surface area contributed by atoms with Crippen molar-refractivity contribution < 1.29 is 4.74 Å². The molecule has 3 heteroatoms. The van der Waals surface area contributed by atoms with Gasteiger partial charge in [0.25, 0.3) is 0 Å². The van der Waals surface area contributed by atoms with Crippen LogP contribution in [0, 0.1) is 11.3 Å². The molecule has 0 spiro atoms. The predicted octanol–water partition coefficient (Wildman–Crippen LogP) is 4.11. The van der Waals surface area contributed by atoms with Crippen molar-refractivity contribution in [2.45, 2.75) is 6.92 Å². The molecule has 3 rings (SSSR count). The summed E-state index contributed by atoms with van der Waals surface area (Å²) in [6, 6.07) is 17.9. The summed E-state index contributed by atoms with van der Waals surface area (Å²) in [7, 11) is 0. The number of H-pyrrole nitrogens is 1. The van der Waals surface area contributed by atoms with Gasteiger partial charge >= 0.3 is 0 Å². The van der Waals surface area contributed by atoms with Crippen molar-refractivity contribution in [1.29, 1.82) is 5.26 Å². The Morgan fingerprint density at radius 3 is 2.55 bits per heavy atom. The molecule has 1 N–H and O–H groups in total. The van der Waals surface area contributed by atoms with Gasteiger partial charge in [0.1, 0.15) is 11.8 Å². The fraction of sp³-hybridized carbons (Fsp3) is 0.118. The van der Waals surface area contributed by atoms with Crippen LogP contribution in [0.15, 0.2) is 48.5 Å². The zero-order valence-electron chi connectivity index (χ0n) is 11.2. The van der Waals surface area contributed by atoms with Gasteiger partial charge in [-0.3, -0.25) is 0 Å². The molecule has 3 aromatic rings. The summed E-state index contributed by atoms with van der Waals surface area (Å²) in [6.07, 6.45) is 0. The van der Waals surface area contributed by atoms with E-state index in [0.717, 1.165) is 27.9 Å². The molecular weight excluding hydrogens is 248 g/mol. The molecule has 0 bridgehead atoms. The van der Waals surface area contributed by atoms with Gasteiger partial charge in [0.15, 0.2) is 0 Å². The summed E-state index contributed by atoms with van der Waals surface area (Å²) in [5.41, 5.74) is 3.51. The Hall–Kier alpha value is -2.73. The number of fused-ring (bicyclic) bond motifs is 1. The number of rotatable bonds is 3. The van der Waals surface area contributed by atoms with Crippen LogP contribution in [0.4, 0.5) is 0 Å². The van der Waals surface area contributed by atoms with E-state index in [1.165, 1.54) is 0 Å². The molecule has 2 aromatic carbocycles. The van der Waals surface area contributed by atoms with Crippen molar-refractivity contribution in [1.82, 2.24) is 4.98 Å². The van der Waals surface area contributed by atoms with Crippen LogP contribution in [0.25, 0.3) is 22.2 Å². The third kappa shape index (κ3) is 2.02. The van der Waals surface area contributed by atoms with E-state index in [1.807, 2.05) is 55.5 Å². The SMILES string of the molecule is CCOc1ccc(-c2[nH]c3ccccc3c2C#N)cc1. The summed E-state index contributed by atoms with van der Waals surface area (Å²) in [4.78, 5) is 3.32. The van der Waals surface area contributed by atoms with Gasteiger partial charge in [-0.15, -0.1) is 0 Å². The molecule has 98 valence electrons. The molecule has 3 nitrogen and oxygen atoms in total. The van der Waals surface area contributed by atoms with Gasteiger partial charge in [0, 0.05) is 10.9 Å². The van der Waals surface area contributed by atoms with E-state index in [1.54, 1.807) is 0 Å². The van der Waals surface area contributed by atoms with E-state index in [4.69, 9.17) is 4.74 Å². The third-order valence-corrected chi connectivity index (χ3v) is 3.27. The lowest BCUT2D eigenvalue weighted by Gasteiger charge is -2.04. The highest BCUT2D eigenvalue weighted by atomic mass is 16.5. The lowest BCUT2D eigenvalue weighted by molar-refractivity contribution is 0.340. The molecule has 1 heterocycles. The summed E-state index contributed by atoms with van der Waals surface area (Å²) in [6.45, 7) is 2.61. The minimum Gasteiger partial charge on any atom is -0.494 e. The maximum Gasteiger partial charge on any atom is 0.119 e. The van der Waals surface area contributed by atoms with Gasteiger partial charge in [-0.25, -0.2) is 0 Å². The molecule has 0 aliphatic rings. The number of hydrogen-bond donors (Lipinski definition) is 1. The van der Waals surface area contributed by atoms with Crippen LogP contribution in [-0.4, -0.2) is 11.6 Å². The van der Waals surface area contributed by atoms with Crippen molar-refractivity contribution in [3.05, 3.63) is 54.1 Å². The maximum absolute atomic E-state index is 9.41. The molecular formula is C17H14N2O. The molecule has 0 saturated carbocycles. The minimum atomic E-state index is 0.648. The van der Waals surface area contributed by atoms with Gasteiger partial charge in [0.05, 0.1) is 17.9 Å². The number of nitrogens with one attached hydrogen (secondary N) is 1. The van der Waals surface area contributed by atoms with E-state index in [0.29, 0.717) is 12.2 Å². The number of nitriles is 1. The normalized spacial score (nSPS) is 10.4. The van der Waals surface area contributed by atoms with Crippen LogP contribution < -0.4 is 4.74 Å². The van der Waals surface area contributed by atoms with Gasteiger partial charge < -0.3 is 9.72 Å². The summed E-state index contributed by atoms with van der Waals surface area (Å²) < 4.78 is 5.44. The third-order valence-electron chi connectivity index (χ3n) is 3.27. The van der Waals surface area contributed by atoms with E-state index in [-0.39, 0.29) is 0 Å². The fourth-order valence-corrected chi connectivity index (χ4v) is 2.36. The van der Waals surface area contributed by atoms with Gasteiger partial charge in [0.2, 0.25) is 0 Å². The second-order valence-corrected chi connectivity index (χ2v) is 4.49. The molecule has 20 heavy (non-hydrogen) atoms. The van der Waals surface area contributed by atoms with Crippen LogP contribution >= 0.6 is 0 Å². The van der Waals surface area contributed by atoms with Crippen LogP contribution in [0.5, 0.6) is 5.75 Å². The zero-order chi connectivity index (χ0) is 13.9. The Morgan fingerprint density at radius 2 is 1.85 bits per heavy atom. The number of aromatic amines is 1. The second kappa shape index (κ2) is 5.10. The Labute approximate surface area is 117 Å². The first-order valence-electron chi connectivity index (χ1n) is 6.57. The average Bonchev–Trinajstić information content (AvgIpc) is 2.87. The maximum atomic E-state index is 9.41. The smallest absolute Gasteiger partial charge is 0.119 e. The zero-order valence-corrected chi connectivity index (χ0v) is 11.2. The Bertz CT molecular complexity index is 779. The Kier molecular flexibility index (Phi) is 3.14. The molecule has 0 fully saturated rings. The Morgan fingerprint density at radius 1 is 1.10 bits per heavy atom. The monoisotopic (exact) mass is 262 g/mol. The molecule has 0 atom stereocenters. The predicted molar refractivity (Wildman–Crippen MR) is 79.6 cm³/mol. The largest absolute Gasteiger partial charge is 0.494 e. The highest BCUT2D eigenvalue weighted by Crippen LogP contribution is 2.30. The van der Waals surface area contributed by atoms with Crippen molar-refractivity contribution in [2.24, 2.45) is 0 Å². The first-order valence-corrected chi connectivity index (χ1v) is 6.57. The Balaban J connectivity index is 2.12. The highest BCUT2D eigenvalue weighted by molar-refractivity contribution is 5.93. The van der Waals surface area contributed by atoms with Gasteiger partial charge in [-0.2, -0.15) is 5.26 Å². The standard InChI is InChI=1S/C17H14N2O/c1-2-20-13-9-7-12(8-10-13)17-15(11-18)14-5-3-4-6-16(14)19-17/h3-10,19H,2H2,1H3. The molecule has 0 aliphatic carbocycles. The van der Waals surface area contributed by atoms with Crippen molar-refractivity contribution >= 4 is 10.9 Å². The number of nitrogens with zero attached hydrogens (tertiary/aromatic N) is 1. The molecule has 0 radical (unpaired) electrons. The van der Waals surface area contributed by atoms with Crippen molar-refractivity contribution in [3.8, 4) is 23.1 Å². The van der Waals surface area contributed by atoms with Gasteiger partial charge in [-0.05, 0) is 42.8 Å². The second-order valence-electron chi connectivity index (χ2n) is 4.49. The summed E-state index contributed by atoms with van der Waals surface area (Å²) in [5.74, 6) is 0.839. The highest BCUT2D eigenvalue weighted by Gasteiger charge is 2.12. The topological polar surface area (TPSA) is 48.8 Å². The lowest BCUT2D eigenvalue weighted by atomic mass is 10.1. The first kappa shape index (κ1) is 12.3. The van der Waals surface area contributed by atoms with Crippen molar-refractivity contribution in [3.63, 3.8) is 0 Å². The quantitative estimate of drug-likeness (QED) is 0.772. The number of hydrogen-bond acceptors (Lipinski definition) is 2. The number of benzene rings is 2. The van der Waals surface area contributed by atoms with Gasteiger partial charge in [-0.1, -0.05) is 18.2 Å². The summed E-state index contributed by atoms with van der Waals surface area (Å²) >= 11 is 0. The lowest BCUT2D eigenvalue weighted by Crippen LogP contribution is -1.90. The number of aromatic nitrogens is 1. The van der Waals surface area contributed by atoms with Crippen LogP contribution in [-0.2, 0) is 0 Å². The molecule has 0 aliphatic heterocycles. The molecule has 0 saturated heterocycles. The fourth-order valence-electron chi connectivity index (χ4n) is 2.36. The molecule has 0 unspecified atom stereocenters. The molecule has 0 amide bonds. The van der Waals surface area contributed by atoms with E-state index in [2.05, 4.69) is 11.1 Å². The summed E-state index contributed by atoms with van der Waals surface area (Å²) in [5, 5.41) is 10.4. The van der Waals surface area contributed by atoms with E-state index < -0.39 is 0 Å². The van der Waals surface area contributed by atoms with Crippen molar-refractivity contribution in [2.75, 3.05) is 6.61 Å².